The summed E-state index contributed by atoms with van der Waals surface area (Å²) in [5.41, 5.74) is 0.721. The van der Waals surface area contributed by atoms with E-state index in [0.29, 0.717) is 29.4 Å². The largest absolute Gasteiger partial charge is 0.322 e. The first kappa shape index (κ1) is 20.3. The van der Waals surface area contributed by atoms with Crippen LogP contribution in [0.25, 0.3) is 0 Å². The molecule has 27 heavy (non-hydrogen) atoms. The summed E-state index contributed by atoms with van der Waals surface area (Å²) in [6.07, 6.45) is 3.85. The van der Waals surface area contributed by atoms with Crippen LogP contribution in [0.4, 0.5) is 5.69 Å². The molecule has 0 atom stereocenters. The van der Waals surface area contributed by atoms with E-state index in [2.05, 4.69) is 21.2 Å². The number of sulfonamides is 1. The minimum Gasteiger partial charge on any atom is -0.322 e. The van der Waals surface area contributed by atoms with Gasteiger partial charge in [-0.15, -0.1) is 0 Å². The number of carbonyl (C=O) groups is 1. The van der Waals surface area contributed by atoms with E-state index in [1.807, 2.05) is 0 Å². The van der Waals surface area contributed by atoms with Gasteiger partial charge in [0.05, 0.1) is 15.5 Å². The number of carbonyl (C=O) groups excluding carboxylic acids is 1. The third kappa shape index (κ3) is 4.90. The Balaban J connectivity index is 1.83. The third-order valence-corrected chi connectivity index (χ3v) is 7.19. The number of nitrogens with one attached hydrogen (secondary N) is 1. The molecule has 0 aromatic heterocycles. The molecule has 1 aliphatic rings. The molecular formula is C19H20BrClN2O3S. The van der Waals surface area contributed by atoms with Gasteiger partial charge in [0.2, 0.25) is 10.0 Å². The SMILES string of the molecule is O=C(Nc1cccc(S(=O)(=O)N2CCCCCC2)c1)c1cc(Br)ccc1Cl. The van der Waals surface area contributed by atoms with Gasteiger partial charge in [0, 0.05) is 23.2 Å². The zero-order chi connectivity index (χ0) is 19.4. The van der Waals surface area contributed by atoms with Crippen LogP contribution in [0.5, 0.6) is 0 Å². The average molecular weight is 472 g/mol. The lowest BCUT2D eigenvalue weighted by molar-refractivity contribution is 0.102. The number of nitrogens with zero attached hydrogens (tertiary/aromatic N) is 1. The molecule has 5 nitrogen and oxygen atoms in total. The van der Waals surface area contributed by atoms with E-state index in [-0.39, 0.29) is 4.90 Å². The van der Waals surface area contributed by atoms with Gasteiger partial charge in [0.15, 0.2) is 0 Å². The van der Waals surface area contributed by atoms with Crippen molar-refractivity contribution in [3.63, 3.8) is 0 Å². The lowest BCUT2D eigenvalue weighted by Gasteiger charge is -2.20. The van der Waals surface area contributed by atoms with Crippen LogP contribution >= 0.6 is 27.5 Å². The van der Waals surface area contributed by atoms with Gasteiger partial charge in [-0.05, 0) is 49.2 Å². The summed E-state index contributed by atoms with van der Waals surface area (Å²) in [6, 6.07) is 11.3. The van der Waals surface area contributed by atoms with Crippen molar-refractivity contribution in [1.82, 2.24) is 4.31 Å². The molecule has 0 radical (unpaired) electrons. The molecule has 8 heteroatoms. The van der Waals surface area contributed by atoms with Crippen LogP contribution in [0, 0.1) is 0 Å². The predicted octanol–water partition coefficient (Wildman–Crippen LogP) is 4.92. The molecule has 2 aromatic rings. The summed E-state index contributed by atoms with van der Waals surface area (Å²) in [5, 5.41) is 3.05. The fraction of sp³-hybridized carbons (Fsp3) is 0.316. The van der Waals surface area contributed by atoms with E-state index < -0.39 is 15.9 Å². The van der Waals surface area contributed by atoms with E-state index in [0.717, 1.165) is 30.2 Å². The number of anilines is 1. The Hall–Kier alpha value is -1.41. The van der Waals surface area contributed by atoms with Crippen molar-refractivity contribution in [2.45, 2.75) is 30.6 Å². The van der Waals surface area contributed by atoms with Crippen LogP contribution in [0.3, 0.4) is 0 Å². The van der Waals surface area contributed by atoms with Gasteiger partial charge in [-0.1, -0.05) is 46.4 Å². The van der Waals surface area contributed by atoms with Gasteiger partial charge in [-0.3, -0.25) is 4.79 Å². The maximum Gasteiger partial charge on any atom is 0.257 e. The van der Waals surface area contributed by atoms with E-state index in [1.165, 1.54) is 10.4 Å². The average Bonchev–Trinajstić information content (AvgIpc) is 2.94. The normalized spacial score (nSPS) is 15.9. The number of rotatable bonds is 4. The maximum absolute atomic E-state index is 12.9. The zero-order valence-corrected chi connectivity index (χ0v) is 17.8. The van der Waals surface area contributed by atoms with Crippen molar-refractivity contribution >= 4 is 49.1 Å². The second kappa shape index (κ2) is 8.73. The highest BCUT2D eigenvalue weighted by Crippen LogP contribution is 2.25. The molecule has 1 amide bonds. The van der Waals surface area contributed by atoms with Crippen molar-refractivity contribution in [3.8, 4) is 0 Å². The topological polar surface area (TPSA) is 66.5 Å². The highest BCUT2D eigenvalue weighted by molar-refractivity contribution is 9.10. The fourth-order valence-corrected chi connectivity index (χ4v) is 5.16. The summed E-state index contributed by atoms with van der Waals surface area (Å²) in [4.78, 5) is 12.7. The van der Waals surface area contributed by atoms with Crippen LogP contribution in [0.15, 0.2) is 51.8 Å². The second-order valence-electron chi connectivity index (χ2n) is 6.42. The minimum absolute atomic E-state index is 0.183. The van der Waals surface area contributed by atoms with Gasteiger partial charge in [0.25, 0.3) is 5.91 Å². The van der Waals surface area contributed by atoms with Gasteiger partial charge in [0.1, 0.15) is 0 Å². The summed E-state index contributed by atoms with van der Waals surface area (Å²) < 4.78 is 28.1. The molecule has 3 rings (SSSR count). The number of hydrogen-bond acceptors (Lipinski definition) is 3. The molecule has 0 bridgehead atoms. The van der Waals surface area contributed by atoms with Gasteiger partial charge >= 0.3 is 0 Å². The van der Waals surface area contributed by atoms with Crippen LogP contribution < -0.4 is 5.32 Å². The predicted molar refractivity (Wildman–Crippen MR) is 111 cm³/mol. The van der Waals surface area contributed by atoms with Gasteiger partial charge in [-0.25, -0.2) is 8.42 Å². The number of hydrogen-bond donors (Lipinski definition) is 1. The molecule has 2 aromatic carbocycles. The molecule has 1 N–H and O–H groups in total. The van der Waals surface area contributed by atoms with Gasteiger partial charge < -0.3 is 5.32 Å². The highest BCUT2D eigenvalue weighted by atomic mass is 79.9. The molecule has 0 saturated carbocycles. The van der Waals surface area contributed by atoms with Crippen LogP contribution in [0.2, 0.25) is 5.02 Å². The summed E-state index contributed by atoms with van der Waals surface area (Å²) >= 11 is 9.41. The first-order valence-corrected chi connectivity index (χ1v) is 11.4. The van der Waals surface area contributed by atoms with Gasteiger partial charge in [-0.2, -0.15) is 4.31 Å². The molecule has 0 aliphatic carbocycles. The summed E-state index contributed by atoms with van der Waals surface area (Å²) in [6.45, 7) is 1.07. The van der Waals surface area contributed by atoms with Crippen molar-refractivity contribution in [3.05, 3.63) is 57.5 Å². The smallest absolute Gasteiger partial charge is 0.257 e. The summed E-state index contributed by atoms with van der Waals surface area (Å²) in [5.74, 6) is -0.398. The molecular weight excluding hydrogens is 452 g/mol. The van der Waals surface area contributed by atoms with Crippen molar-refractivity contribution < 1.29 is 13.2 Å². The van der Waals surface area contributed by atoms with E-state index >= 15 is 0 Å². The van der Waals surface area contributed by atoms with Crippen molar-refractivity contribution in [1.29, 1.82) is 0 Å². The Labute approximate surface area is 172 Å². The first-order chi connectivity index (χ1) is 12.9. The van der Waals surface area contributed by atoms with Crippen LogP contribution in [0.1, 0.15) is 36.0 Å². The van der Waals surface area contributed by atoms with E-state index in [4.69, 9.17) is 11.6 Å². The fourth-order valence-electron chi connectivity index (χ4n) is 3.04. The number of amides is 1. The third-order valence-electron chi connectivity index (χ3n) is 4.47. The lowest BCUT2D eigenvalue weighted by atomic mass is 10.2. The first-order valence-electron chi connectivity index (χ1n) is 8.74. The Morgan fingerprint density at radius 3 is 2.44 bits per heavy atom. The Bertz CT molecular complexity index is 942. The van der Waals surface area contributed by atoms with Crippen LogP contribution in [-0.2, 0) is 10.0 Å². The second-order valence-corrected chi connectivity index (χ2v) is 9.69. The summed E-state index contributed by atoms with van der Waals surface area (Å²) in [7, 11) is -3.57. The monoisotopic (exact) mass is 470 g/mol. The minimum atomic E-state index is -3.57. The van der Waals surface area contributed by atoms with Crippen molar-refractivity contribution in [2.24, 2.45) is 0 Å². The number of halogens is 2. The molecule has 0 unspecified atom stereocenters. The van der Waals surface area contributed by atoms with Crippen molar-refractivity contribution in [2.75, 3.05) is 18.4 Å². The molecule has 1 fully saturated rings. The van der Waals surface area contributed by atoms with Crippen LogP contribution in [-0.4, -0.2) is 31.7 Å². The quantitative estimate of drug-likeness (QED) is 0.688. The highest BCUT2D eigenvalue weighted by Gasteiger charge is 2.25. The Morgan fingerprint density at radius 2 is 1.74 bits per heavy atom. The van der Waals surface area contributed by atoms with E-state index in [9.17, 15) is 13.2 Å². The molecule has 1 saturated heterocycles. The molecule has 1 aliphatic heterocycles. The maximum atomic E-state index is 12.9. The van der Waals surface area contributed by atoms with E-state index in [1.54, 1.807) is 36.4 Å². The molecule has 0 spiro atoms. The standard InChI is InChI=1S/C19H20BrClN2O3S/c20-14-8-9-18(21)17(12-14)19(24)22-15-6-5-7-16(13-15)27(25,26)23-10-3-1-2-4-11-23/h5-9,12-13H,1-4,10-11H2,(H,22,24). The molecule has 1 heterocycles. The Kier molecular flexibility index (Phi) is 6.57. The molecule has 144 valence electrons. The Morgan fingerprint density at radius 1 is 1.04 bits per heavy atom. The zero-order valence-electron chi connectivity index (χ0n) is 14.6. The lowest BCUT2D eigenvalue weighted by Crippen LogP contribution is -2.32. The number of benzene rings is 2.